The molecule has 0 fully saturated rings. The van der Waals surface area contributed by atoms with Crippen molar-refractivity contribution in [2.75, 3.05) is 0 Å². The highest BCUT2D eigenvalue weighted by atomic mass is 19.1. The van der Waals surface area contributed by atoms with Crippen molar-refractivity contribution in [1.29, 1.82) is 0 Å². The van der Waals surface area contributed by atoms with Crippen LogP contribution in [0.1, 0.15) is 16.7 Å². The minimum atomic E-state index is -0.356. The van der Waals surface area contributed by atoms with E-state index in [0.717, 1.165) is 27.8 Å². The number of halogens is 1. The average Bonchev–Trinajstić information content (AvgIpc) is 3.19. The van der Waals surface area contributed by atoms with E-state index >= 15 is 0 Å². The summed E-state index contributed by atoms with van der Waals surface area (Å²) in [6, 6.07) is 20.4. The molecule has 3 aromatic carbocycles. The van der Waals surface area contributed by atoms with E-state index in [9.17, 15) is 9.18 Å². The van der Waals surface area contributed by atoms with E-state index in [4.69, 9.17) is 5.10 Å². The first-order valence-electron chi connectivity index (χ1n) is 10.8. The lowest BCUT2D eigenvalue weighted by Gasteiger charge is -2.08. The Labute approximate surface area is 190 Å². The van der Waals surface area contributed by atoms with Crippen LogP contribution >= 0.6 is 0 Å². The number of aromatic nitrogens is 3. The van der Waals surface area contributed by atoms with Gasteiger partial charge in [-0.2, -0.15) is 5.10 Å². The number of pyridine rings is 1. The number of benzene rings is 3. The van der Waals surface area contributed by atoms with Crippen molar-refractivity contribution >= 4 is 27.7 Å². The highest BCUT2D eigenvalue weighted by molar-refractivity contribution is 6.08. The van der Waals surface area contributed by atoms with Crippen molar-refractivity contribution in [3.63, 3.8) is 0 Å². The summed E-state index contributed by atoms with van der Waals surface area (Å²) < 4.78 is 15.8. The molecule has 1 N–H and O–H groups in total. The molecule has 0 atom stereocenters. The van der Waals surface area contributed by atoms with Gasteiger partial charge in [-0.25, -0.2) is 4.39 Å². The number of nitrogens with one attached hydrogen (secondary N) is 1. The van der Waals surface area contributed by atoms with Crippen LogP contribution in [0.3, 0.4) is 0 Å². The van der Waals surface area contributed by atoms with Crippen molar-refractivity contribution in [2.24, 2.45) is 0 Å². The number of hydrogen-bond donors (Lipinski definition) is 1. The Kier molecular flexibility index (Phi) is 5.34. The normalized spacial score (nSPS) is 11.2. The maximum Gasteiger partial charge on any atom is 0.242 e. The maximum atomic E-state index is 14.2. The number of aryl methyl sites for hydroxylation is 2. The average molecular weight is 439 g/mol. The van der Waals surface area contributed by atoms with Gasteiger partial charge in [0.25, 0.3) is 0 Å². The van der Waals surface area contributed by atoms with Gasteiger partial charge in [-0.1, -0.05) is 42.5 Å². The van der Waals surface area contributed by atoms with E-state index in [1.807, 2.05) is 36.4 Å². The molecular weight excluding hydrogens is 415 g/mol. The second-order valence-electron chi connectivity index (χ2n) is 8.25. The molecule has 6 heteroatoms. The van der Waals surface area contributed by atoms with Gasteiger partial charge in [-0.15, -0.1) is 0 Å². The molecule has 33 heavy (non-hydrogen) atoms. The lowest BCUT2D eigenvalue weighted by molar-refractivity contribution is -0.121. The van der Waals surface area contributed by atoms with Crippen LogP contribution in [0.25, 0.3) is 33.1 Å². The van der Waals surface area contributed by atoms with Gasteiger partial charge in [0.15, 0.2) is 0 Å². The fourth-order valence-corrected chi connectivity index (χ4v) is 4.03. The first kappa shape index (κ1) is 20.8. The van der Waals surface area contributed by atoms with Gasteiger partial charge in [0.1, 0.15) is 18.1 Å². The number of fused-ring (bicyclic) bond motifs is 3. The molecule has 5 rings (SSSR count). The molecule has 0 aliphatic heterocycles. The molecule has 2 heterocycles. The van der Waals surface area contributed by atoms with Crippen LogP contribution in [-0.4, -0.2) is 20.7 Å². The highest BCUT2D eigenvalue weighted by Gasteiger charge is 2.18. The third-order valence-electron chi connectivity index (χ3n) is 5.94. The van der Waals surface area contributed by atoms with Gasteiger partial charge in [0.05, 0.1) is 11.0 Å². The molecule has 0 aliphatic carbocycles. The molecule has 0 saturated heterocycles. The fraction of sp³-hybridized carbons (Fsp3) is 0.148. The number of carbonyl (C=O) groups excluding carboxylic acids is 1. The second kappa shape index (κ2) is 8.47. The van der Waals surface area contributed by atoms with Crippen LogP contribution in [0.4, 0.5) is 4.39 Å². The van der Waals surface area contributed by atoms with E-state index in [2.05, 4.69) is 36.3 Å². The van der Waals surface area contributed by atoms with E-state index in [0.29, 0.717) is 23.0 Å². The van der Waals surface area contributed by atoms with Gasteiger partial charge >= 0.3 is 0 Å². The summed E-state index contributed by atoms with van der Waals surface area (Å²) in [5, 5.41) is 9.16. The standard InChI is InChI=1S/C27H23FN4O/c1-17-8-9-20(12-18(17)2)26-23-15-29-24-11-10-21(28)13-22(24)27(23)32(31-26)16-25(33)30-14-19-6-4-3-5-7-19/h3-13,15H,14,16H2,1-2H3,(H,30,33). The Morgan fingerprint density at radius 1 is 0.970 bits per heavy atom. The predicted octanol–water partition coefficient (Wildman–Crippen LogP) is 5.32. The third kappa shape index (κ3) is 4.07. The van der Waals surface area contributed by atoms with Crippen LogP contribution in [0.2, 0.25) is 0 Å². The van der Waals surface area contributed by atoms with Gasteiger partial charge in [-0.05, 0) is 54.8 Å². The summed E-state index contributed by atoms with van der Waals surface area (Å²) in [4.78, 5) is 17.3. The molecule has 2 aromatic heterocycles. The fourth-order valence-electron chi connectivity index (χ4n) is 4.03. The molecule has 164 valence electrons. The van der Waals surface area contributed by atoms with Gasteiger partial charge in [-0.3, -0.25) is 14.5 Å². The van der Waals surface area contributed by atoms with Crippen molar-refractivity contribution in [2.45, 2.75) is 26.9 Å². The zero-order valence-corrected chi connectivity index (χ0v) is 18.5. The Morgan fingerprint density at radius 2 is 1.79 bits per heavy atom. The van der Waals surface area contributed by atoms with Crippen molar-refractivity contribution in [3.05, 3.63) is 95.4 Å². The molecular formula is C27H23FN4O. The van der Waals surface area contributed by atoms with E-state index in [1.165, 1.54) is 17.7 Å². The zero-order chi connectivity index (χ0) is 22.9. The van der Waals surface area contributed by atoms with Crippen molar-refractivity contribution in [1.82, 2.24) is 20.1 Å². The largest absolute Gasteiger partial charge is 0.350 e. The predicted molar refractivity (Wildman–Crippen MR) is 128 cm³/mol. The zero-order valence-electron chi connectivity index (χ0n) is 18.5. The number of hydrogen-bond acceptors (Lipinski definition) is 3. The molecule has 0 bridgehead atoms. The molecule has 0 unspecified atom stereocenters. The minimum Gasteiger partial charge on any atom is -0.350 e. The lowest BCUT2D eigenvalue weighted by Crippen LogP contribution is -2.27. The number of amides is 1. The second-order valence-corrected chi connectivity index (χ2v) is 8.25. The lowest BCUT2D eigenvalue weighted by atomic mass is 10.0. The summed E-state index contributed by atoms with van der Waals surface area (Å²) in [6.07, 6.45) is 1.76. The number of rotatable bonds is 5. The Hall–Kier alpha value is -4.06. The summed E-state index contributed by atoms with van der Waals surface area (Å²) in [5.41, 5.74) is 6.36. The van der Waals surface area contributed by atoms with Crippen LogP contribution in [0.15, 0.2) is 72.9 Å². The van der Waals surface area contributed by atoms with Crippen LogP contribution in [-0.2, 0) is 17.9 Å². The van der Waals surface area contributed by atoms with Gasteiger partial charge in [0, 0.05) is 29.1 Å². The number of carbonyl (C=O) groups is 1. The van der Waals surface area contributed by atoms with E-state index in [1.54, 1.807) is 16.9 Å². The molecule has 5 nitrogen and oxygen atoms in total. The molecule has 0 radical (unpaired) electrons. The molecule has 1 amide bonds. The SMILES string of the molecule is Cc1ccc(-c2nn(CC(=O)NCc3ccccc3)c3c2cnc2ccc(F)cc23)cc1C. The summed E-state index contributed by atoms with van der Waals surface area (Å²) >= 11 is 0. The molecule has 5 aromatic rings. The summed E-state index contributed by atoms with van der Waals surface area (Å²) in [7, 11) is 0. The van der Waals surface area contributed by atoms with E-state index < -0.39 is 0 Å². The molecule has 0 aliphatic rings. The van der Waals surface area contributed by atoms with Gasteiger partial charge < -0.3 is 5.32 Å². The monoisotopic (exact) mass is 438 g/mol. The van der Waals surface area contributed by atoms with Gasteiger partial charge in [0.2, 0.25) is 5.91 Å². The van der Waals surface area contributed by atoms with Crippen LogP contribution in [0, 0.1) is 19.7 Å². The third-order valence-corrected chi connectivity index (χ3v) is 5.94. The summed E-state index contributed by atoms with van der Waals surface area (Å²) in [5.74, 6) is -0.526. The van der Waals surface area contributed by atoms with Crippen molar-refractivity contribution < 1.29 is 9.18 Å². The van der Waals surface area contributed by atoms with E-state index in [-0.39, 0.29) is 18.3 Å². The highest BCUT2D eigenvalue weighted by Crippen LogP contribution is 2.33. The Bertz CT molecular complexity index is 1490. The first-order valence-corrected chi connectivity index (χ1v) is 10.8. The Morgan fingerprint density at radius 3 is 2.58 bits per heavy atom. The maximum absolute atomic E-state index is 14.2. The molecule has 0 saturated carbocycles. The topological polar surface area (TPSA) is 59.8 Å². The summed E-state index contributed by atoms with van der Waals surface area (Å²) in [6.45, 7) is 4.56. The number of nitrogens with zero attached hydrogens (tertiary/aromatic N) is 3. The van der Waals surface area contributed by atoms with Crippen molar-refractivity contribution in [3.8, 4) is 11.3 Å². The molecule has 0 spiro atoms. The first-order chi connectivity index (χ1) is 16.0. The minimum absolute atomic E-state index is 0.0177. The van der Waals surface area contributed by atoms with Crippen LogP contribution < -0.4 is 5.32 Å². The Balaban J connectivity index is 1.59. The smallest absolute Gasteiger partial charge is 0.242 e. The quantitative estimate of drug-likeness (QED) is 0.404. The van der Waals surface area contributed by atoms with Crippen LogP contribution in [0.5, 0.6) is 0 Å².